The van der Waals surface area contributed by atoms with Crippen LogP contribution in [0, 0.1) is 5.82 Å². The molecule has 0 aliphatic rings. The second-order valence-corrected chi connectivity index (χ2v) is 3.89. The zero-order valence-electron chi connectivity index (χ0n) is 10.6. The molecular weight excluding hydrogens is 251 g/mol. The number of aromatic nitrogens is 2. The van der Waals surface area contributed by atoms with Gasteiger partial charge < -0.3 is 9.84 Å². The maximum absolute atomic E-state index is 13.6. The Bertz CT molecular complexity index is 622. The molecule has 6 heteroatoms. The van der Waals surface area contributed by atoms with E-state index in [4.69, 9.17) is 9.84 Å². The van der Waals surface area contributed by atoms with Crippen molar-refractivity contribution in [1.29, 1.82) is 0 Å². The normalized spacial score (nSPS) is 10.5. The van der Waals surface area contributed by atoms with Crippen molar-refractivity contribution in [2.24, 2.45) is 0 Å². The molecule has 1 aromatic carbocycles. The lowest BCUT2D eigenvalue weighted by Crippen LogP contribution is -2.08. The van der Waals surface area contributed by atoms with Gasteiger partial charge in [-0.2, -0.15) is 5.10 Å². The predicted octanol–water partition coefficient (Wildman–Crippen LogP) is 2.42. The number of hydrogen-bond donors (Lipinski definition) is 1. The summed E-state index contributed by atoms with van der Waals surface area (Å²) in [5.74, 6) is -1.44. The topological polar surface area (TPSA) is 64.4 Å². The zero-order chi connectivity index (χ0) is 14.0. The summed E-state index contributed by atoms with van der Waals surface area (Å²) in [6.45, 7) is 2.22. The second kappa shape index (κ2) is 5.09. The van der Waals surface area contributed by atoms with Crippen molar-refractivity contribution >= 4 is 5.97 Å². The minimum absolute atomic E-state index is 0.0775. The molecule has 0 aliphatic heterocycles. The Balaban J connectivity index is 2.47. The van der Waals surface area contributed by atoms with E-state index in [1.54, 1.807) is 13.0 Å². The van der Waals surface area contributed by atoms with Gasteiger partial charge in [0.1, 0.15) is 5.69 Å². The first-order chi connectivity index (χ1) is 9.06. The van der Waals surface area contributed by atoms with Crippen LogP contribution >= 0.6 is 0 Å². The van der Waals surface area contributed by atoms with Crippen LogP contribution in [-0.2, 0) is 6.54 Å². The van der Waals surface area contributed by atoms with Crippen molar-refractivity contribution in [3.05, 3.63) is 35.8 Å². The summed E-state index contributed by atoms with van der Waals surface area (Å²) in [5, 5.41) is 13.2. The average molecular weight is 264 g/mol. The number of carboxylic acids is 1. The quantitative estimate of drug-likeness (QED) is 0.921. The van der Waals surface area contributed by atoms with Gasteiger partial charge in [0.2, 0.25) is 0 Å². The Kier molecular flexibility index (Phi) is 3.50. The standard InChI is InChI=1S/C13H13FN2O3/c1-3-16-11(13(17)18)7-10(15-16)8-4-5-12(19-2)9(14)6-8/h4-7H,3H2,1-2H3,(H,17,18). The van der Waals surface area contributed by atoms with Crippen LogP contribution in [0.1, 0.15) is 17.4 Å². The van der Waals surface area contributed by atoms with Gasteiger partial charge in [-0.25, -0.2) is 9.18 Å². The van der Waals surface area contributed by atoms with Crippen molar-refractivity contribution in [3.63, 3.8) is 0 Å². The monoisotopic (exact) mass is 264 g/mol. The van der Waals surface area contributed by atoms with E-state index in [1.807, 2.05) is 0 Å². The number of aryl methyl sites for hydroxylation is 1. The number of nitrogens with zero attached hydrogens (tertiary/aromatic N) is 2. The molecule has 5 nitrogen and oxygen atoms in total. The first-order valence-corrected chi connectivity index (χ1v) is 5.72. The summed E-state index contributed by atoms with van der Waals surface area (Å²) in [5.41, 5.74) is 1.00. The lowest BCUT2D eigenvalue weighted by molar-refractivity contribution is 0.0683. The van der Waals surface area contributed by atoms with E-state index in [0.29, 0.717) is 17.8 Å². The largest absolute Gasteiger partial charge is 0.494 e. The summed E-state index contributed by atoms with van der Waals surface area (Å²) in [4.78, 5) is 11.0. The van der Waals surface area contributed by atoms with Gasteiger partial charge in [-0.05, 0) is 31.2 Å². The van der Waals surface area contributed by atoms with Gasteiger partial charge in [-0.1, -0.05) is 0 Å². The number of hydrogen-bond acceptors (Lipinski definition) is 3. The van der Waals surface area contributed by atoms with Crippen LogP contribution in [0.5, 0.6) is 5.75 Å². The Morgan fingerprint density at radius 2 is 2.21 bits per heavy atom. The van der Waals surface area contributed by atoms with Gasteiger partial charge in [0.25, 0.3) is 0 Å². The fourth-order valence-electron chi connectivity index (χ4n) is 1.80. The maximum Gasteiger partial charge on any atom is 0.354 e. The van der Waals surface area contributed by atoms with E-state index >= 15 is 0 Å². The van der Waals surface area contributed by atoms with Gasteiger partial charge in [0.15, 0.2) is 11.6 Å². The molecule has 0 radical (unpaired) electrons. The molecular formula is C13H13FN2O3. The van der Waals surface area contributed by atoms with E-state index in [9.17, 15) is 9.18 Å². The van der Waals surface area contributed by atoms with Crippen LogP contribution < -0.4 is 4.74 Å². The van der Waals surface area contributed by atoms with Crippen molar-refractivity contribution in [2.45, 2.75) is 13.5 Å². The lowest BCUT2D eigenvalue weighted by atomic mass is 10.1. The molecule has 100 valence electrons. The molecule has 0 bridgehead atoms. The molecule has 2 aromatic rings. The van der Waals surface area contributed by atoms with Gasteiger partial charge >= 0.3 is 5.97 Å². The molecule has 0 aliphatic carbocycles. The zero-order valence-corrected chi connectivity index (χ0v) is 10.6. The van der Waals surface area contributed by atoms with Crippen LogP contribution in [0.25, 0.3) is 11.3 Å². The summed E-state index contributed by atoms with van der Waals surface area (Å²) in [6.07, 6.45) is 0. The molecule has 0 saturated carbocycles. The number of halogens is 1. The Morgan fingerprint density at radius 3 is 2.68 bits per heavy atom. The van der Waals surface area contributed by atoms with E-state index in [2.05, 4.69) is 5.10 Å². The first kappa shape index (κ1) is 13.1. The van der Waals surface area contributed by atoms with E-state index in [0.717, 1.165) is 0 Å². The molecule has 1 heterocycles. The fourth-order valence-corrected chi connectivity index (χ4v) is 1.80. The summed E-state index contributed by atoms with van der Waals surface area (Å²) in [7, 11) is 1.38. The summed E-state index contributed by atoms with van der Waals surface area (Å²) >= 11 is 0. The number of carboxylic acid groups (broad SMARTS) is 1. The summed E-state index contributed by atoms with van der Waals surface area (Å²) in [6, 6.07) is 5.81. The molecule has 1 N–H and O–H groups in total. The van der Waals surface area contributed by atoms with Crippen molar-refractivity contribution in [2.75, 3.05) is 7.11 Å². The van der Waals surface area contributed by atoms with Crippen molar-refractivity contribution in [1.82, 2.24) is 9.78 Å². The predicted molar refractivity (Wildman–Crippen MR) is 66.8 cm³/mol. The third kappa shape index (κ3) is 2.42. The third-order valence-electron chi connectivity index (χ3n) is 2.75. The van der Waals surface area contributed by atoms with Gasteiger partial charge in [-0.3, -0.25) is 4.68 Å². The SMILES string of the molecule is CCn1nc(-c2ccc(OC)c(F)c2)cc1C(=O)O. The average Bonchev–Trinajstić information content (AvgIpc) is 2.83. The van der Waals surface area contributed by atoms with E-state index < -0.39 is 11.8 Å². The van der Waals surface area contributed by atoms with Crippen LogP contribution in [0.3, 0.4) is 0 Å². The number of benzene rings is 1. The second-order valence-electron chi connectivity index (χ2n) is 3.89. The first-order valence-electron chi connectivity index (χ1n) is 5.72. The fraction of sp³-hybridized carbons (Fsp3) is 0.231. The highest BCUT2D eigenvalue weighted by Crippen LogP contribution is 2.25. The Labute approximate surface area is 109 Å². The molecule has 0 amide bonds. The van der Waals surface area contributed by atoms with Crippen molar-refractivity contribution in [3.8, 4) is 17.0 Å². The van der Waals surface area contributed by atoms with Crippen LogP contribution in [-0.4, -0.2) is 28.0 Å². The van der Waals surface area contributed by atoms with E-state index in [1.165, 1.54) is 30.0 Å². The van der Waals surface area contributed by atoms with Crippen molar-refractivity contribution < 1.29 is 19.0 Å². The van der Waals surface area contributed by atoms with Crippen LogP contribution in [0.15, 0.2) is 24.3 Å². The molecule has 0 unspecified atom stereocenters. The Morgan fingerprint density at radius 1 is 1.47 bits per heavy atom. The van der Waals surface area contributed by atoms with Crippen LogP contribution in [0.2, 0.25) is 0 Å². The number of aromatic carboxylic acids is 1. The highest BCUT2D eigenvalue weighted by atomic mass is 19.1. The van der Waals surface area contributed by atoms with Gasteiger partial charge in [-0.15, -0.1) is 0 Å². The van der Waals surface area contributed by atoms with Gasteiger partial charge in [0, 0.05) is 12.1 Å². The maximum atomic E-state index is 13.6. The van der Waals surface area contributed by atoms with E-state index in [-0.39, 0.29) is 11.4 Å². The minimum atomic E-state index is -1.06. The molecule has 2 rings (SSSR count). The molecule has 0 atom stereocenters. The lowest BCUT2D eigenvalue weighted by Gasteiger charge is -2.03. The highest BCUT2D eigenvalue weighted by molar-refractivity contribution is 5.87. The number of carbonyl (C=O) groups is 1. The summed E-state index contributed by atoms with van der Waals surface area (Å²) < 4.78 is 19.8. The molecule has 1 aromatic heterocycles. The molecule has 0 fully saturated rings. The third-order valence-corrected chi connectivity index (χ3v) is 2.75. The number of methoxy groups -OCH3 is 1. The minimum Gasteiger partial charge on any atom is -0.494 e. The molecule has 0 spiro atoms. The van der Waals surface area contributed by atoms with Crippen LogP contribution in [0.4, 0.5) is 4.39 Å². The molecule has 0 saturated heterocycles. The van der Waals surface area contributed by atoms with Gasteiger partial charge in [0.05, 0.1) is 12.8 Å². The smallest absolute Gasteiger partial charge is 0.354 e. The number of ether oxygens (including phenoxy) is 1. The molecule has 19 heavy (non-hydrogen) atoms. The Hall–Kier alpha value is -2.37. The highest BCUT2D eigenvalue weighted by Gasteiger charge is 2.15. The number of rotatable bonds is 4.